The highest BCUT2D eigenvalue weighted by Gasteiger charge is 2.28. The number of amides is 1. The maximum absolute atomic E-state index is 13.7. The van der Waals surface area contributed by atoms with Crippen molar-refractivity contribution in [3.05, 3.63) is 89.5 Å². The van der Waals surface area contributed by atoms with Gasteiger partial charge in [-0.1, -0.05) is 53.8 Å². The van der Waals surface area contributed by atoms with Crippen LogP contribution in [0, 0.1) is 6.92 Å². The zero-order valence-electron chi connectivity index (χ0n) is 18.8. The van der Waals surface area contributed by atoms with Gasteiger partial charge < -0.3 is 0 Å². The van der Waals surface area contributed by atoms with Crippen LogP contribution in [0.25, 0.3) is 10.2 Å². The Bertz CT molecular complexity index is 1430. The van der Waals surface area contributed by atoms with Gasteiger partial charge in [-0.05, 0) is 61.2 Å². The topological polar surface area (TPSA) is 70.6 Å². The number of rotatable bonds is 6. The summed E-state index contributed by atoms with van der Waals surface area (Å²) >= 11 is 1.48. The molecule has 0 unspecified atom stereocenters. The van der Waals surface area contributed by atoms with Gasteiger partial charge in [0.25, 0.3) is 5.91 Å². The molecule has 0 N–H and O–H groups in total. The average molecular weight is 492 g/mol. The van der Waals surface area contributed by atoms with Crippen molar-refractivity contribution in [2.45, 2.75) is 31.2 Å². The number of aromatic nitrogens is 1. The summed E-state index contributed by atoms with van der Waals surface area (Å²) in [6.07, 6.45) is 1.76. The molecule has 1 aliphatic rings. The van der Waals surface area contributed by atoms with Crippen molar-refractivity contribution in [3.8, 4) is 0 Å². The van der Waals surface area contributed by atoms with Crippen molar-refractivity contribution in [2.75, 3.05) is 18.0 Å². The molecule has 1 aliphatic heterocycles. The van der Waals surface area contributed by atoms with Gasteiger partial charge >= 0.3 is 0 Å². The normalized spacial score (nSPS) is 14.5. The zero-order valence-corrected chi connectivity index (χ0v) is 20.5. The summed E-state index contributed by atoms with van der Waals surface area (Å²) in [5.41, 5.74) is 3.36. The Morgan fingerprint density at radius 3 is 2.35 bits per heavy atom. The van der Waals surface area contributed by atoms with Gasteiger partial charge in [0.1, 0.15) is 0 Å². The lowest BCUT2D eigenvalue weighted by molar-refractivity contribution is 0.0985. The van der Waals surface area contributed by atoms with Gasteiger partial charge in [-0.15, -0.1) is 0 Å². The Hall–Kier alpha value is -3.07. The fraction of sp³-hybridized carbons (Fsp3) is 0.231. The van der Waals surface area contributed by atoms with Crippen molar-refractivity contribution >= 4 is 42.6 Å². The molecule has 34 heavy (non-hydrogen) atoms. The third-order valence-corrected chi connectivity index (χ3v) is 9.03. The Kier molecular flexibility index (Phi) is 6.20. The van der Waals surface area contributed by atoms with Crippen molar-refractivity contribution < 1.29 is 13.2 Å². The molecule has 174 valence electrons. The SMILES string of the molecule is Cc1cccc2sc(N(Cc3ccccc3)C(=O)c3ccc(S(=O)(=O)N4CCCC4)cc3)nc12. The largest absolute Gasteiger partial charge is 0.279 e. The first kappa shape index (κ1) is 22.7. The Morgan fingerprint density at radius 1 is 0.971 bits per heavy atom. The highest BCUT2D eigenvalue weighted by atomic mass is 32.2. The second kappa shape index (κ2) is 9.29. The molecule has 4 aromatic rings. The number of sulfonamides is 1. The van der Waals surface area contributed by atoms with Crippen molar-refractivity contribution in [2.24, 2.45) is 0 Å². The van der Waals surface area contributed by atoms with Crippen LogP contribution in [0.5, 0.6) is 0 Å². The molecule has 0 saturated carbocycles. The molecule has 1 fully saturated rings. The third-order valence-electron chi connectivity index (χ3n) is 6.07. The summed E-state index contributed by atoms with van der Waals surface area (Å²) in [5.74, 6) is -0.217. The first-order valence-corrected chi connectivity index (χ1v) is 13.5. The Labute approximate surface area is 203 Å². The first-order chi connectivity index (χ1) is 16.4. The molecular formula is C26H25N3O3S2. The lowest BCUT2D eigenvalue weighted by atomic mass is 10.1. The predicted octanol–water partition coefficient (Wildman–Crippen LogP) is 5.24. The number of fused-ring (bicyclic) bond motifs is 1. The second-order valence-corrected chi connectivity index (χ2v) is 11.4. The first-order valence-electron chi connectivity index (χ1n) is 11.3. The third kappa shape index (κ3) is 4.36. The number of benzene rings is 3. The quantitative estimate of drug-likeness (QED) is 0.370. The monoisotopic (exact) mass is 491 g/mol. The number of carbonyl (C=O) groups excluding carboxylic acids is 1. The van der Waals surface area contributed by atoms with Gasteiger partial charge in [0.15, 0.2) is 5.13 Å². The summed E-state index contributed by atoms with van der Waals surface area (Å²) < 4.78 is 28.3. The molecule has 3 aromatic carbocycles. The van der Waals surface area contributed by atoms with E-state index in [0.29, 0.717) is 30.3 Å². The lowest BCUT2D eigenvalue weighted by Gasteiger charge is -2.21. The lowest BCUT2D eigenvalue weighted by Crippen LogP contribution is -2.30. The van der Waals surface area contributed by atoms with Crippen LogP contribution < -0.4 is 4.90 Å². The molecule has 8 heteroatoms. The van der Waals surface area contributed by atoms with Crippen LogP contribution in [0.15, 0.2) is 77.7 Å². The van der Waals surface area contributed by atoms with Gasteiger partial charge in [0.05, 0.1) is 21.7 Å². The molecule has 0 bridgehead atoms. The molecule has 0 spiro atoms. The summed E-state index contributed by atoms with van der Waals surface area (Å²) in [4.78, 5) is 20.3. The zero-order chi connectivity index (χ0) is 23.7. The number of carbonyl (C=O) groups is 1. The summed E-state index contributed by atoms with van der Waals surface area (Å²) in [5, 5.41) is 0.618. The number of para-hydroxylation sites is 1. The minimum Gasteiger partial charge on any atom is -0.279 e. The van der Waals surface area contributed by atoms with Gasteiger partial charge in [-0.25, -0.2) is 13.4 Å². The average Bonchev–Trinajstić information content (AvgIpc) is 3.54. The number of hydrogen-bond acceptors (Lipinski definition) is 5. The maximum Gasteiger partial charge on any atom is 0.260 e. The van der Waals surface area contributed by atoms with Crippen LogP contribution in [0.1, 0.15) is 34.3 Å². The smallest absolute Gasteiger partial charge is 0.260 e. The van der Waals surface area contributed by atoms with Crippen LogP contribution in [0.3, 0.4) is 0 Å². The Morgan fingerprint density at radius 2 is 1.68 bits per heavy atom. The van der Waals surface area contributed by atoms with E-state index in [9.17, 15) is 13.2 Å². The van der Waals surface area contributed by atoms with Crippen molar-refractivity contribution in [3.63, 3.8) is 0 Å². The minimum absolute atomic E-state index is 0.217. The fourth-order valence-electron chi connectivity index (χ4n) is 4.19. The number of thiazole rings is 1. The number of anilines is 1. The molecular weight excluding hydrogens is 466 g/mol. The molecule has 5 rings (SSSR count). The molecule has 0 radical (unpaired) electrons. The van der Waals surface area contributed by atoms with E-state index < -0.39 is 10.0 Å². The number of hydrogen-bond donors (Lipinski definition) is 0. The van der Waals surface area contributed by atoms with Gasteiger partial charge in [-0.3, -0.25) is 9.69 Å². The molecule has 2 heterocycles. The highest BCUT2D eigenvalue weighted by molar-refractivity contribution is 7.89. The van der Waals surface area contributed by atoms with Crippen molar-refractivity contribution in [1.82, 2.24) is 9.29 Å². The van der Waals surface area contributed by atoms with E-state index in [-0.39, 0.29) is 10.8 Å². The van der Waals surface area contributed by atoms with Gasteiger partial charge in [-0.2, -0.15) is 4.31 Å². The predicted molar refractivity (Wildman–Crippen MR) is 136 cm³/mol. The minimum atomic E-state index is -3.53. The van der Waals surface area contributed by atoms with E-state index in [1.165, 1.54) is 27.8 Å². The fourth-order valence-corrected chi connectivity index (χ4v) is 6.74. The van der Waals surface area contributed by atoms with Crippen molar-refractivity contribution in [1.29, 1.82) is 0 Å². The molecule has 1 saturated heterocycles. The summed E-state index contributed by atoms with van der Waals surface area (Å²) in [6, 6.07) is 22.0. The van der Waals surface area contributed by atoms with Crippen LogP contribution >= 0.6 is 11.3 Å². The molecule has 0 aliphatic carbocycles. The van der Waals surface area contributed by atoms with E-state index in [0.717, 1.165) is 34.2 Å². The molecule has 1 aromatic heterocycles. The van der Waals surface area contributed by atoms with Gasteiger partial charge in [0.2, 0.25) is 10.0 Å². The molecule has 0 atom stereocenters. The van der Waals surface area contributed by atoms with E-state index >= 15 is 0 Å². The van der Waals surface area contributed by atoms with Gasteiger partial charge in [0, 0.05) is 18.7 Å². The van der Waals surface area contributed by atoms with Crippen LogP contribution in [0.2, 0.25) is 0 Å². The molecule has 6 nitrogen and oxygen atoms in total. The van der Waals surface area contributed by atoms with E-state index in [1.54, 1.807) is 17.0 Å². The Balaban J connectivity index is 1.49. The van der Waals surface area contributed by atoms with E-state index in [1.807, 2.05) is 55.5 Å². The number of nitrogens with zero attached hydrogens (tertiary/aromatic N) is 3. The highest BCUT2D eigenvalue weighted by Crippen LogP contribution is 2.32. The van der Waals surface area contributed by atoms with Crippen LogP contribution in [0.4, 0.5) is 5.13 Å². The standard InChI is InChI=1S/C26H25N3O3S2/c1-19-8-7-11-23-24(19)27-26(33-23)29(18-20-9-3-2-4-10-20)25(30)21-12-14-22(15-13-21)34(31,32)28-16-5-6-17-28/h2-4,7-15H,5-6,16-18H2,1H3. The summed E-state index contributed by atoms with van der Waals surface area (Å²) in [6.45, 7) is 3.47. The number of aryl methyl sites for hydroxylation is 1. The molecule has 1 amide bonds. The summed E-state index contributed by atoms with van der Waals surface area (Å²) in [7, 11) is -3.53. The van der Waals surface area contributed by atoms with Crippen LogP contribution in [-0.2, 0) is 16.6 Å². The van der Waals surface area contributed by atoms with E-state index in [4.69, 9.17) is 4.98 Å². The van der Waals surface area contributed by atoms with Crippen LogP contribution in [-0.4, -0.2) is 36.7 Å². The maximum atomic E-state index is 13.7. The second-order valence-electron chi connectivity index (χ2n) is 8.43. The van der Waals surface area contributed by atoms with E-state index in [2.05, 4.69) is 0 Å².